The summed E-state index contributed by atoms with van der Waals surface area (Å²) in [5, 5.41) is 5.29. The monoisotopic (exact) mass is 330 g/mol. The number of carbonyl (C=O) groups excluding carboxylic acids is 2. The van der Waals surface area contributed by atoms with Crippen molar-refractivity contribution in [1.29, 1.82) is 0 Å². The predicted molar refractivity (Wildman–Crippen MR) is 92.4 cm³/mol. The molecule has 2 aliphatic rings. The smallest absolute Gasteiger partial charge is 0.315 e. The molecule has 130 valence electrons. The first-order valence-corrected chi connectivity index (χ1v) is 8.67. The van der Waals surface area contributed by atoms with Crippen molar-refractivity contribution in [2.75, 3.05) is 33.2 Å². The Labute approximate surface area is 143 Å². The first kappa shape index (κ1) is 16.8. The largest absolute Gasteiger partial charge is 0.344 e. The number of rotatable bonds is 5. The zero-order valence-electron chi connectivity index (χ0n) is 14.2. The molecule has 2 heterocycles. The molecule has 3 rings (SSSR count). The van der Waals surface area contributed by atoms with Crippen molar-refractivity contribution in [3.8, 4) is 0 Å². The van der Waals surface area contributed by atoms with E-state index in [2.05, 4.69) is 39.8 Å². The normalized spacial score (nSPS) is 22.0. The molecule has 2 fully saturated rings. The van der Waals surface area contributed by atoms with Gasteiger partial charge in [-0.1, -0.05) is 30.3 Å². The van der Waals surface area contributed by atoms with E-state index in [0.717, 1.165) is 39.0 Å². The number of nitrogens with zero attached hydrogens (tertiary/aromatic N) is 2. The lowest BCUT2D eigenvalue weighted by Gasteiger charge is -2.34. The van der Waals surface area contributed by atoms with Crippen LogP contribution in [-0.4, -0.2) is 61.0 Å². The van der Waals surface area contributed by atoms with Gasteiger partial charge in [0.15, 0.2) is 0 Å². The summed E-state index contributed by atoms with van der Waals surface area (Å²) in [6, 6.07) is 9.88. The fraction of sp³-hybridized carbons (Fsp3) is 0.556. The zero-order chi connectivity index (χ0) is 16.9. The summed E-state index contributed by atoms with van der Waals surface area (Å²) in [6.45, 7) is 4.30. The van der Waals surface area contributed by atoms with Crippen molar-refractivity contribution in [1.82, 2.24) is 20.4 Å². The number of benzene rings is 1. The molecular formula is C18H26N4O2. The second-order valence-electron chi connectivity index (χ2n) is 6.83. The summed E-state index contributed by atoms with van der Waals surface area (Å²) >= 11 is 0. The maximum Gasteiger partial charge on any atom is 0.315 e. The predicted octanol–water partition coefficient (Wildman–Crippen LogP) is 1.04. The van der Waals surface area contributed by atoms with Gasteiger partial charge in [-0.05, 0) is 37.4 Å². The third kappa shape index (κ3) is 4.26. The number of urea groups is 1. The second-order valence-corrected chi connectivity index (χ2v) is 6.83. The average molecular weight is 330 g/mol. The Morgan fingerprint density at radius 1 is 1.25 bits per heavy atom. The Bertz CT molecular complexity index is 570. The number of hydrogen-bond donors (Lipinski definition) is 2. The number of hydrogen-bond acceptors (Lipinski definition) is 3. The number of carbonyl (C=O) groups is 2. The van der Waals surface area contributed by atoms with E-state index >= 15 is 0 Å². The molecule has 0 aromatic heterocycles. The number of likely N-dealkylation sites (N-methyl/N-ethyl adjacent to an activating group) is 1. The van der Waals surface area contributed by atoms with Crippen molar-refractivity contribution in [3.63, 3.8) is 0 Å². The molecule has 1 aromatic rings. The van der Waals surface area contributed by atoms with E-state index in [9.17, 15) is 9.59 Å². The van der Waals surface area contributed by atoms with Gasteiger partial charge in [-0.15, -0.1) is 0 Å². The van der Waals surface area contributed by atoms with Crippen molar-refractivity contribution in [2.24, 2.45) is 5.92 Å². The quantitative estimate of drug-likeness (QED) is 0.848. The van der Waals surface area contributed by atoms with Crippen LogP contribution in [0.3, 0.4) is 0 Å². The minimum atomic E-state index is -0.416. The highest BCUT2D eigenvalue weighted by molar-refractivity contribution is 5.90. The molecule has 1 atom stereocenters. The van der Waals surface area contributed by atoms with E-state index in [1.54, 1.807) is 4.90 Å². The van der Waals surface area contributed by atoms with Gasteiger partial charge in [0.1, 0.15) is 6.04 Å². The van der Waals surface area contributed by atoms with E-state index in [1.807, 2.05) is 13.1 Å². The number of piperidine rings is 1. The van der Waals surface area contributed by atoms with Crippen LogP contribution in [0.4, 0.5) is 4.79 Å². The first-order valence-electron chi connectivity index (χ1n) is 8.67. The summed E-state index contributed by atoms with van der Waals surface area (Å²) in [4.78, 5) is 27.7. The Kier molecular flexibility index (Phi) is 5.35. The van der Waals surface area contributed by atoms with Crippen molar-refractivity contribution >= 4 is 11.9 Å². The zero-order valence-corrected chi connectivity index (χ0v) is 14.2. The van der Waals surface area contributed by atoms with Crippen molar-refractivity contribution < 1.29 is 9.59 Å². The molecule has 0 radical (unpaired) electrons. The SMILES string of the molecule is CN(CC1CCN(Cc2ccccc2)CC1)C(=O)C1CNC(=O)N1. The van der Waals surface area contributed by atoms with Crippen molar-refractivity contribution in [2.45, 2.75) is 25.4 Å². The van der Waals surface area contributed by atoms with Crippen LogP contribution in [0.15, 0.2) is 30.3 Å². The Morgan fingerprint density at radius 2 is 1.96 bits per heavy atom. The maximum absolute atomic E-state index is 12.3. The summed E-state index contributed by atoms with van der Waals surface area (Å²) < 4.78 is 0. The molecule has 3 amide bonds. The molecule has 0 spiro atoms. The summed E-state index contributed by atoms with van der Waals surface area (Å²) in [5.41, 5.74) is 1.35. The van der Waals surface area contributed by atoms with Gasteiger partial charge in [0.2, 0.25) is 5.91 Å². The Morgan fingerprint density at radius 3 is 2.58 bits per heavy atom. The lowest BCUT2D eigenvalue weighted by Crippen LogP contribution is -2.46. The second kappa shape index (κ2) is 7.66. The molecule has 0 aliphatic carbocycles. The molecule has 1 unspecified atom stereocenters. The number of likely N-dealkylation sites (tertiary alicyclic amines) is 1. The third-order valence-corrected chi connectivity index (χ3v) is 4.93. The molecule has 0 saturated carbocycles. The average Bonchev–Trinajstić information content (AvgIpc) is 3.03. The van der Waals surface area contributed by atoms with Crippen LogP contribution in [0.2, 0.25) is 0 Å². The lowest BCUT2D eigenvalue weighted by atomic mass is 9.95. The van der Waals surface area contributed by atoms with E-state index in [4.69, 9.17) is 0 Å². The van der Waals surface area contributed by atoms with Crippen LogP contribution in [-0.2, 0) is 11.3 Å². The Hall–Kier alpha value is -2.08. The van der Waals surface area contributed by atoms with Gasteiger partial charge in [-0.2, -0.15) is 0 Å². The summed E-state index contributed by atoms with van der Waals surface area (Å²) in [5.74, 6) is 0.538. The fourth-order valence-electron chi connectivity index (χ4n) is 3.52. The van der Waals surface area contributed by atoms with Gasteiger partial charge in [-0.3, -0.25) is 9.69 Å². The van der Waals surface area contributed by atoms with E-state index < -0.39 is 6.04 Å². The molecule has 24 heavy (non-hydrogen) atoms. The molecule has 6 nitrogen and oxygen atoms in total. The van der Waals surface area contributed by atoms with Gasteiger partial charge in [0.25, 0.3) is 0 Å². The van der Waals surface area contributed by atoms with Crippen LogP contribution < -0.4 is 10.6 Å². The highest BCUT2D eigenvalue weighted by Crippen LogP contribution is 2.20. The van der Waals surface area contributed by atoms with Crippen LogP contribution in [0, 0.1) is 5.92 Å². The van der Waals surface area contributed by atoms with Crippen LogP contribution in [0.1, 0.15) is 18.4 Å². The molecule has 1 aromatic carbocycles. The topological polar surface area (TPSA) is 64.7 Å². The van der Waals surface area contributed by atoms with Crippen molar-refractivity contribution in [3.05, 3.63) is 35.9 Å². The third-order valence-electron chi connectivity index (χ3n) is 4.93. The minimum absolute atomic E-state index is 0.0000603. The lowest BCUT2D eigenvalue weighted by molar-refractivity contribution is -0.132. The minimum Gasteiger partial charge on any atom is -0.344 e. The molecule has 0 bridgehead atoms. The maximum atomic E-state index is 12.3. The highest BCUT2D eigenvalue weighted by atomic mass is 16.2. The number of amides is 3. The van der Waals surface area contributed by atoms with E-state index in [-0.39, 0.29) is 11.9 Å². The number of nitrogens with one attached hydrogen (secondary N) is 2. The summed E-state index contributed by atoms with van der Waals surface area (Å²) in [6.07, 6.45) is 2.22. The van der Waals surface area contributed by atoms with E-state index in [0.29, 0.717) is 12.5 Å². The summed E-state index contributed by atoms with van der Waals surface area (Å²) in [7, 11) is 1.84. The van der Waals surface area contributed by atoms with Gasteiger partial charge < -0.3 is 15.5 Å². The fourth-order valence-corrected chi connectivity index (χ4v) is 3.52. The van der Waals surface area contributed by atoms with Crippen LogP contribution >= 0.6 is 0 Å². The van der Waals surface area contributed by atoms with Gasteiger partial charge in [0, 0.05) is 26.7 Å². The molecule has 2 saturated heterocycles. The molecule has 2 aliphatic heterocycles. The molecular weight excluding hydrogens is 304 g/mol. The van der Waals surface area contributed by atoms with E-state index in [1.165, 1.54) is 5.56 Å². The van der Waals surface area contributed by atoms with Crippen LogP contribution in [0.5, 0.6) is 0 Å². The van der Waals surface area contributed by atoms with Gasteiger partial charge in [-0.25, -0.2) is 4.79 Å². The first-order chi connectivity index (χ1) is 11.6. The van der Waals surface area contributed by atoms with Crippen LogP contribution in [0.25, 0.3) is 0 Å². The standard InChI is InChI=1S/C18H26N4O2/c1-21(17(23)16-11-19-18(24)20-16)12-15-7-9-22(10-8-15)13-14-5-3-2-4-6-14/h2-6,15-16H,7-13H2,1H3,(H2,19,20,24). The molecule has 2 N–H and O–H groups in total. The Balaban J connectivity index is 1.41. The highest BCUT2D eigenvalue weighted by Gasteiger charge is 2.30. The van der Waals surface area contributed by atoms with Gasteiger partial charge >= 0.3 is 6.03 Å². The van der Waals surface area contributed by atoms with Gasteiger partial charge in [0.05, 0.1) is 0 Å². The molecule has 6 heteroatoms.